The van der Waals surface area contributed by atoms with Crippen LogP contribution < -0.4 is 5.32 Å². The van der Waals surface area contributed by atoms with Crippen molar-refractivity contribution < 1.29 is 4.74 Å². The van der Waals surface area contributed by atoms with E-state index < -0.39 is 0 Å². The van der Waals surface area contributed by atoms with Crippen LogP contribution in [0.1, 0.15) is 11.8 Å². The Kier molecular flexibility index (Phi) is 2.67. The number of ether oxygens (including phenoxy) is 1. The molecule has 2 aromatic rings. The van der Waals surface area contributed by atoms with E-state index >= 15 is 0 Å². The lowest BCUT2D eigenvalue weighted by Gasteiger charge is -2.22. The zero-order chi connectivity index (χ0) is 11.0. The largest absolute Gasteiger partial charge is 0.369 e. The molecule has 0 radical (unpaired) electrons. The summed E-state index contributed by atoms with van der Waals surface area (Å²) in [4.78, 5) is 4.45. The number of imidazole rings is 1. The maximum atomic E-state index is 5.72. The van der Waals surface area contributed by atoms with Crippen LogP contribution in [-0.2, 0) is 4.74 Å². The van der Waals surface area contributed by atoms with Gasteiger partial charge in [0.25, 0.3) is 0 Å². The maximum Gasteiger partial charge on any atom is 0.114 e. The lowest BCUT2D eigenvalue weighted by atomic mass is 10.2. The molecule has 16 heavy (non-hydrogen) atoms. The third-order valence-electron chi connectivity index (χ3n) is 2.78. The van der Waals surface area contributed by atoms with Gasteiger partial charge in [-0.05, 0) is 28.1 Å². The zero-order valence-corrected chi connectivity index (χ0v) is 10.3. The number of hydrogen-bond acceptors (Lipinski definition) is 3. The fourth-order valence-corrected chi connectivity index (χ4v) is 2.43. The summed E-state index contributed by atoms with van der Waals surface area (Å²) in [7, 11) is 0. The summed E-state index contributed by atoms with van der Waals surface area (Å²) in [5.74, 6) is 0. The summed E-state index contributed by atoms with van der Waals surface area (Å²) in [6, 6.07) is 6.07. The molecule has 4 nitrogen and oxygen atoms in total. The molecule has 0 spiro atoms. The molecular formula is C11H12BrN3O. The minimum absolute atomic E-state index is 0.0630. The third-order valence-corrected chi connectivity index (χ3v) is 3.43. The number of aromatic nitrogens is 2. The van der Waals surface area contributed by atoms with Gasteiger partial charge in [-0.15, -0.1) is 0 Å². The molecule has 0 aliphatic carbocycles. The van der Waals surface area contributed by atoms with Gasteiger partial charge in [0, 0.05) is 13.1 Å². The van der Waals surface area contributed by atoms with E-state index in [-0.39, 0.29) is 6.10 Å². The van der Waals surface area contributed by atoms with Crippen molar-refractivity contribution in [1.29, 1.82) is 0 Å². The van der Waals surface area contributed by atoms with E-state index in [1.54, 1.807) is 0 Å². The van der Waals surface area contributed by atoms with Crippen molar-refractivity contribution in [3.05, 3.63) is 34.8 Å². The summed E-state index contributed by atoms with van der Waals surface area (Å²) in [6.07, 6.45) is 1.89. The standard InChI is InChI=1S/C11H12BrN3O/c12-10-3-1-2-8-11(14-7-15(8)10)9-6-13-4-5-16-9/h1-3,7,9,13H,4-6H2/t9-/m1/s1. The molecule has 1 saturated heterocycles. The molecule has 0 saturated carbocycles. The molecule has 5 heteroatoms. The summed E-state index contributed by atoms with van der Waals surface area (Å²) in [5, 5.41) is 3.32. The fraction of sp³-hybridized carbons (Fsp3) is 0.364. The van der Waals surface area contributed by atoms with Crippen molar-refractivity contribution in [3.8, 4) is 0 Å². The smallest absolute Gasteiger partial charge is 0.114 e. The highest BCUT2D eigenvalue weighted by Gasteiger charge is 2.20. The minimum atomic E-state index is 0.0630. The summed E-state index contributed by atoms with van der Waals surface area (Å²) < 4.78 is 8.74. The molecule has 1 aliphatic heterocycles. The number of morpholine rings is 1. The first-order valence-corrected chi connectivity index (χ1v) is 6.09. The van der Waals surface area contributed by atoms with Gasteiger partial charge >= 0.3 is 0 Å². The molecule has 1 aliphatic rings. The van der Waals surface area contributed by atoms with Crippen LogP contribution >= 0.6 is 15.9 Å². The highest BCUT2D eigenvalue weighted by molar-refractivity contribution is 9.10. The normalized spacial score (nSPS) is 21.4. The van der Waals surface area contributed by atoms with E-state index in [2.05, 4.69) is 32.3 Å². The Hall–Kier alpha value is -0.910. The van der Waals surface area contributed by atoms with Gasteiger partial charge in [0.1, 0.15) is 12.4 Å². The van der Waals surface area contributed by atoms with E-state index in [0.29, 0.717) is 0 Å². The van der Waals surface area contributed by atoms with E-state index in [4.69, 9.17) is 4.74 Å². The van der Waals surface area contributed by atoms with E-state index in [9.17, 15) is 0 Å². The number of pyridine rings is 1. The van der Waals surface area contributed by atoms with E-state index in [0.717, 1.165) is 35.5 Å². The van der Waals surface area contributed by atoms with Crippen LogP contribution in [0.4, 0.5) is 0 Å². The number of fused-ring (bicyclic) bond motifs is 1. The molecule has 0 bridgehead atoms. The van der Waals surface area contributed by atoms with E-state index in [1.165, 1.54) is 0 Å². The van der Waals surface area contributed by atoms with Gasteiger partial charge in [0.15, 0.2) is 0 Å². The van der Waals surface area contributed by atoms with Gasteiger partial charge in [-0.25, -0.2) is 4.98 Å². The van der Waals surface area contributed by atoms with Gasteiger partial charge in [-0.2, -0.15) is 0 Å². The molecular weight excluding hydrogens is 270 g/mol. The Bertz CT molecular complexity index is 505. The molecule has 0 amide bonds. The Labute approximate surface area is 102 Å². The predicted molar refractivity (Wildman–Crippen MR) is 64.5 cm³/mol. The Morgan fingerprint density at radius 2 is 2.44 bits per heavy atom. The van der Waals surface area contributed by atoms with Crippen molar-refractivity contribution in [2.45, 2.75) is 6.10 Å². The molecule has 0 unspecified atom stereocenters. The van der Waals surface area contributed by atoms with Gasteiger partial charge in [0.2, 0.25) is 0 Å². The fourth-order valence-electron chi connectivity index (χ4n) is 2.00. The molecule has 1 N–H and O–H groups in total. The minimum Gasteiger partial charge on any atom is -0.369 e. The van der Waals surface area contributed by atoms with Crippen LogP contribution in [0.3, 0.4) is 0 Å². The van der Waals surface area contributed by atoms with Crippen molar-refractivity contribution >= 4 is 21.4 Å². The van der Waals surface area contributed by atoms with Crippen LogP contribution in [0, 0.1) is 0 Å². The molecule has 1 fully saturated rings. The first kappa shape index (κ1) is 10.3. The highest BCUT2D eigenvalue weighted by Crippen LogP contribution is 2.24. The second kappa shape index (κ2) is 4.16. The third kappa shape index (κ3) is 1.65. The molecule has 84 valence electrons. The second-order valence-corrected chi connectivity index (χ2v) is 4.61. The molecule has 0 aromatic carbocycles. The van der Waals surface area contributed by atoms with Crippen molar-refractivity contribution in [3.63, 3.8) is 0 Å². The van der Waals surface area contributed by atoms with Gasteiger partial charge in [0.05, 0.1) is 22.4 Å². The van der Waals surface area contributed by atoms with Crippen LogP contribution in [0.25, 0.3) is 5.52 Å². The van der Waals surface area contributed by atoms with Crippen LogP contribution in [0.15, 0.2) is 29.1 Å². The number of rotatable bonds is 1. The Balaban J connectivity index is 2.06. The Morgan fingerprint density at radius 3 is 3.25 bits per heavy atom. The van der Waals surface area contributed by atoms with Crippen LogP contribution in [-0.4, -0.2) is 29.1 Å². The van der Waals surface area contributed by atoms with Crippen LogP contribution in [0.5, 0.6) is 0 Å². The number of halogens is 1. The first-order valence-electron chi connectivity index (χ1n) is 5.30. The zero-order valence-electron chi connectivity index (χ0n) is 8.69. The SMILES string of the molecule is Brc1cccc2c([C@H]3CNCCO3)ncn12. The first-order chi connectivity index (χ1) is 7.86. The molecule has 2 aromatic heterocycles. The lowest BCUT2D eigenvalue weighted by molar-refractivity contribution is 0.0262. The average Bonchev–Trinajstić information content (AvgIpc) is 2.75. The highest BCUT2D eigenvalue weighted by atomic mass is 79.9. The second-order valence-electron chi connectivity index (χ2n) is 3.80. The van der Waals surface area contributed by atoms with Crippen molar-refractivity contribution in [2.24, 2.45) is 0 Å². The van der Waals surface area contributed by atoms with E-state index in [1.807, 2.05) is 22.9 Å². The summed E-state index contributed by atoms with van der Waals surface area (Å²) >= 11 is 3.50. The molecule has 3 heterocycles. The van der Waals surface area contributed by atoms with Crippen molar-refractivity contribution in [2.75, 3.05) is 19.7 Å². The topological polar surface area (TPSA) is 38.6 Å². The maximum absolute atomic E-state index is 5.72. The van der Waals surface area contributed by atoms with Gasteiger partial charge < -0.3 is 10.1 Å². The quantitative estimate of drug-likeness (QED) is 0.810. The van der Waals surface area contributed by atoms with Gasteiger partial charge in [-0.1, -0.05) is 6.07 Å². The predicted octanol–water partition coefficient (Wildman–Crippen LogP) is 1.76. The number of nitrogens with zero attached hydrogens (tertiary/aromatic N) is 2. The molecule has 3 rings (SSSR count). The number of nitrogens with one attached hydrogen (secondary N) is 1. The van der Waals surface area contributed by atoms with Crippen LogP contribution in [0.2, 0.25) is 0 Å². The average molecular weight is 282 g/mol. The Morgan fingerprint density at radius 1 is 1.50 bits per heavy atom. The monoisotopic (exact) mass is 281 g/mol. The number of hydrogen-bond donors (Lipinski definition) is 1. The molecule has 1 atom stereocenters. The van der Waals surface area contributed by atoms with Crippen molar-refractivity contribution in [1.82, 2.24) is 14.7 Å². The summed E-state index contributed by atoms with van der Waals surface area (Å²) in [6.45, 7) is 2.50. The van der Waals surface area contributed by atoms with Gasteiger partial charge in [-0.3, -0.25) is 4.40 Å². The lowest BCUT2D eigenvalue weighted by Crippen LogP contribution is -2.33. The summed E-state index contributed by atoms with van der Waals surface area (Å²) in [5.41, 5.74) is 2.11.